The summed E-state index contributed by atoms with van der Waals surface area (Å²) in [5, 5.41) is 39.5. The van der Waals surface area contributed by atoms with E-state index in [1.165, 1.54) is 7.11 Å². The van der Waals surface area contributed by atoms with Gasteiger partial charge < -0.3 is 35.2 Å². The Morgan fingerprint density at radius 1 is 1.25 bits per heavy atom. The molecule has 1 amide bonds. The van der Waals surface area contributed by atoms with Gasteiger partial charge in [-0.05, 0) is 0 Å². The Balaban J connectivity index is 2.65. The van der Waals surface area contributed by atoms with Crippen molar-refractivity contribution in [2.24, 2.45) is 0 Å². The molecule has 1 rings (SSSR count). The summed E-state index contributed by atoms with van der Waals surface area (Å²) in [7, 11) is 1.28. The second-order valence-corrected chi connectivity index (χ2v) is 4.43. The third-order valence-electron chi connectivity index (χ3n) is 3.01. The zero-order chi connectivity index (χ0) is 15.3. The second kappa shape index (κ2) is 7.50. The molecule has 0 aliphatic carbocycles. The number of rotatable bonds is 6. The molecule has 0 aromatic heterocycles. The number of carbonyl (C=O) groups is 2. The van der Waals surface area contributed by atoms with Crippen LogP contribution in [0, 0.1) is 0 Å². The van der Waals surface area contributed by atoms with Crippen LogP contribution in [0.4, 0.5) is 0 Å². The Bertz CT molecular complexity index is 347. The molecule has 1 aliphatic heterocycles. The van der Waals surface area contributed by atoms with Gasteiger partial charge in [0, 0.05) is 13.5 Å². The number of aliphatic hydroxyl groups excluding tert-OH is 3. The molecular weight excluding hydrogens is 274 g/mol. The van der Waals surface area contributed by atoms with E-state index in [-0.39, 0.29) is 12.8 Å². The third-order valence-corrected chi connectivity index (χ3v) is 3.01. The molecule has 0 aromatic rings. The molecule has 5 N–H and O–H groups in total. The fourth-order valence-electron chi connectivity index (χ4n) is 1.92. The summed E-state index contributed by atoms with van der Waals surface area (Å²) in [5.41, 5.74) is 0. The van der Waals surface area contributed by atoms with Gasteiger partial charge in [-0.3, -0.25) is 9.59 Å². The summed E-state index contributed by atoms with van der Waals surface area (Å²) in [6, 6.07) is -1.06. The molecule has 1 saturated heterocycles. The topological polar surface area (TPSA) is 146 Å². The molecule has 0 radical (unpaired) electrons. The Morgan fingerprint density at radius 3 is 2.40 bits per heavy atom. The van der Waals surface area contributed by atoms with Crippen molar-refractivity contribution >= 4 is 11.9 Å². The minimum atomic E-state index is -1.40. The van der Waals surface area contributed by atoms with Crippen molar-refractivity contribution in [3.63, 3.8) is 0 Å². The maximum atomic E-state index is 11.6. The number of amides is 1. The summed E-state index contributed by atoms with van der Waals surface area (Å²) in [6.45, 7) is -0.516. The highest BCUT2D eigenvalue weighted by molar-refractivity contribution is 5.80. The van der Waals surface area contributed by atoms with Crippen molar-refractivity contribution < 1.29 is 39.5 Å². The molecule has 0 saturated carbocycles. The molecule has 9 heteroatoms. The predicted molar refractivity (Wildman–Crippen MR) is 63.6 cm³/mol. The number of hydrogen-bond acceptors (Lipinski definition) is 7. The number of carboxylic acid groups (broad SMARTS) is 1. The Hall–Kier alpha value is -1.26. The van der Waals surface area contributed by atoms with Crippen molar-refractivity contribution in [3.8, 4) is 0 Å². The van der Waals surface area contributed by atoms with Crippen LogP contribution in [0.15, 0.2) is 0 Å². The van der Waals surface area contributed by atoms with E-state index in [0.717, 1.165) is 0 Å². The van der Waals surface area contributed by atoms with Crippen molar-refractivity contribution in [1.29, 1.82) is 0 Å². The minimum absolute atomic E-state index is 0.269. The van der Waals surface area contributed by atoms with Crippen LogP contribution in [-0.4, -0.2) is 76.7 Å². The Morgan fingerprint density at radius 2 is 1.90 bits per heavy atom. The van der Waals surface area contributed by atoms with Gasteiger partial charge in [-0.2, -0.15) is 0 Å². The van der Waals surface area contributed by atoms with Crippen molar-refractivity contribution in [2.45, 2.75) is 43.5 Å². The first-order valence-corrected chi connectivity index (χ1v) is 6.07. The maximum absolute atomic E-state index is 11.6. The van der Waals surface area contributed by atoms with E-state index in [4.69, 9.17) is 19.7 Å². The summed E-state index contributed by atoms with van der Waals surface area (Å²) in [4.78, 5) is 21.9. The van der Waals surface area contributed by atoms with Crippen LogP contribution < -0.4 is 5.32 Å². The second-order valence-electron chi connectivity index (χ2n) is 4.43. The van der Waals surface area contributed by atoms with E-state index in [1.807, 2.05) is 0 Å². The smallest absolute Gasteiger partial charge is 0.303 e. The van der Waals surface area contributed by atoms with Crippen molar-refractivity contribution in [1.82, 2.24) is 5.32 Å². The number of carbonyl (C=O) groups excluding carboxylic acids is 1. The van der Waals surface area contributed by atoms with Gasteiger partial charge in [0.05, 0.1) is 13.0 Å². The van der Waals surface area contributed by atoms with Gasteiger partial charge in [-0.25, -0.2) is 0 Å². The van der Waals surface area contributed by atoms with Crippen LogP contribution in [0.5, 0.6) is 0 Å². The normalized spacial score (nSPS) is 33.7. The third kappa shape index (κ3) is 4.12. The standard InChI is InChI=1S/C11H19NO8/c1-19-11-8(12-6(14)2-3-7(15)16)10(18)9(17)5(4-13)20-11/h5,8-11,13,17-18H,2-4H2,1H3,(H,12,14)(H,15,16)/t5?,8?,9-,10-,11+/m1/s1. The first kappa shape index (κ1) is 16.8. The number of carboxylic acids is 1. The van der Waals surface area contributed by atoms with E-state index in [1.54, 1.807) is 0 Å². The van der Waals surface area contributed by atoms with Gasteiger partial charge in [0.2, 0.25) is 5.91 Å². The molecular formula is C11H19NO8. The van der Waals surface area contributed by atoms with Crippen LogP contribution in [0.2, 0.25) is 0 Å². The van der Waals surface area contributed by atoms with Crippen molar-refractivity contribution in [2.75, 3.05) is 13.7 Å². The number of aliphatic carboxylic acids is 1. The molecule has 20 heavy (non-hydrogen) atoms. The van der Waals surface area contributed by atoms with E-state index < -0.39 is 49.1 Å². The molecule has 2 unspecified atom stereocenters. The summed E-state index contributed by atoms with van der Waals surface area (Å²) < 4.78 is 10.1. The first-order valence-electron chi connectivity index (χ1n) is 6.07. The molecule has 0 aromatic carbocycles. The number of nitrogens with one attached hydrogen (secondary N) is 1. The van der Waals surface area contributed by atoms with E-state index in [0.29, 0.717) is 0 Å². The summed E-state index contributed by atoms with van der Waals surface area (Å²) >= 11 is 0. The molecule has 1 heterocycles. The Labute approximate surface area is 115 Å². The lowest BCUT2D eigenvalue weighted by Crippen LogP contribution is -2.64. The summed E-state index contributed by atoms with van der Waals surface area (Å²) in [6.07, 6.45) is -5.50. The van der Waals surface area contributed by atoms with Gasteiger partial charge in [0.15, 0.2) is 6.29 Å². The van der Waals surface area contributed by atoms with Crippen molar-refractivity contribution in [3.05, 3.63) is 0 Å². The number of ether oxygens (including phenoxy) is 2. The number of hydrogen-bond donors (Lipinski definition) is 5. The first-order chi connectivity index (χ1) is 9.40. The van der Waals surface area contributed by atoms with Gasteiger partial charge >= 0.3 is 5.97 Å². The maximum Gasteiger partial charge on any atom is 0.303 e. The van der Waals surface area contributed by atoms with Gasteiger partial charge in [0.1, 0.15) is 24.4 Å². The van der Waals surface area contributed by atoms with Gasteiger partial charge in [-0.15, -0.1) is 0 Å². The largest absolute Gasteiger partial charge is 0.481 e. The molecule has 9 nitrogen and oxygen atoms in total. The van der Waals surface area contributed by atoms with E-state index in [9.17, 15) is 19.8 Å². The number of methoxy groups -OCH3 is 1. The molecule has 1 aliphatic rings. The fourth-order valence-corrected chi connectivity index (χ4v) is 1.92. The zero-order valence-electron chi connectivity index (χ0n) is 10.9. The van der Waals surface area contributed by atoms with Crippen LogP contribution in [-0.2, 0) is 19.1 Å². The zero-order valence-corrected chi connectivity index (χ0v) is 10.9. The lowest BCUT2D eigenvalue weighted by atomic mass is 9.97. The quantitative estimate of drug-likeness (QED) is 0.359. The molecule has 5 atom stereocenters. The average Bonchev–Trinajstić information content (AvgIpc) is 2.42. The van der Waals surface area contributed by atoms with E-state index in [2.05, 4.69) is 5.32 Å². The van der Waals surface area contributed by atoms with Crippen LogP contribution in [0.25, 0.3) is 0 Å². The highest BCUT2D eigenvalue weighted by atomic mass is 16.7. The highest BCUT2D eigenvalue weighted by Crippen LogP contribution is 2.21. The molecule has 0 spiro atoms. The van der Waals surface area contributed by atoms with Gasteiger partial charge in [-0.1, -0.05) is 0 Å². The summed E-state index contributed by atoms with van der Waals surface area (Å²) in [5.74, 6) is -1.74. The van der Waals surface area contributed by atoms with Crippen LogP contribution in [0.3, 0.4) is 0 Å². The molecule has 116 valence electrons. The highest BCUT2D eigenvalue weighted by Gasteiger charge is 2.45. The lowest BCUT2D eigenvalue weighted by molar-refractivity contribution is -0.262. The SMILES string of the molecule is CO[C@H]1OC(CO)[C@@H](O)[C@H](O)C1NC(=O)CCC(=O)O. The van der Waals surface area contributed by atoms with Crippen LogP contribution >= 0.6 is 0 Å². The minimum Gasteiger partial charge on any atom is -0.481 e. The molecule has 0 bridgehead atoms. The van der Waals surface area contributed by atoms with Gasteiger partial charge in [0.25, 0.3) is 0 Å². The number of aliphatic hydroxyl groups is 3. The fraction of sp³-hybridized carbons (Fsp3) is 0.818. The van der Waals surface area contributed by atoms with E-state index >= 15 is 0 Å². The lowest BCUT2D eigenvalue weighted by Gasteiger charge is -2.41. The van der Waals surface area contributed by atoms with Crippen LogP contribution in [0.1, 0.15) is 12.8 Å². The monoisotopic (exact) mass is 293 g/mol. The molecule has 1 fully saturated rings. The predicted octanol–water partition coefficient (Wildman–Crippen LogP) is -2.58. The average molecular weight is 293 g/mol. The Kier molecular flexibility index (Phi) is 6.30.